The van der Waals surface area contributed by atoms with E-state index >= 15 is 0 Å². The van der Waals surface area contributed by atoms with Crippen molar-refractivity contribution < 1.29 is 0 Å². The quantitative estimate of drug-likeness (QED) is 0.780. The molecule has 2 radical (unpaired) electrons. The van der Waals surface area contributed by atoms with E-state index in [9.17, 15) is 0 Å². The highest BCUT2D eigenvalue weighted by atomic mass is 15.0. The molecule has 0 aromatic carbocycles. The lowest BCUT2D eigenvalue weighted by Gasteiger charge is -2.31. The molecule has 2 aliphatic rings. The van der Waals surface area contributed by atoms with Gasteiger partial charge in [-0.3, -0.25) is 0 Å². The van der Waals surface area contributed by atoms with Gasteiger partial charge in [0.1, 0.15) is 0 Å². The van der Waals surface area contributed by atoms with Gasteiger partial charge >= 0.3 is 0 Å². The fourth-order valence-corrected chi connectivity index (χ4v) is 3.15. The van der Waals surface area contributed by atoms with Crippen molar-refractivity contribution >= 4 is 7.85 Å². The lowest BCUT2D eigenvalue weighted by Crippen LogP contribution is -2.21. The molecule has 0 unspecified atom stereocenters. The Balaban J connectivity index is 2.09. The number of allylic oxidation sites excluding steroid dienone is 2. The normalized spacial score (nSPS) is 29.0. The van der Waals surface area contributed by atoms with Crippen molar-refractivity contribution in [2.75, 3.05) is 27.2 Å². The largest absolute Gasteiger partial charge is 0.391 e. The molecule has 1 saturated carbocycles. The first-order valence-corrected chi connectivity index (χ1v) is 7.70. The van der Waals surface area contributed by atoms with Crippen LogP contribution in [0.2, 0.25) is 5.82 Å². The zero-order valence-corrected chi connectivity index (χ0v) is 12.5. The van der Waals surface area contributed by atoms with Crippen LogP contribution >= 0.6 is 0 Å². The molecule has 104 valence electrons. The van der Waals surface area contributed by atoms with Crippen LogP contribution in [-0.4, -0.2) is 39.9 Å². The van der Waals surface area contributed by atoms with Gasteiger partial charge in [-0.05, 0) is 63.0 Å². The molecule has 1 fully saturated rings. The zero-order chi connectivity index (χ0) is 13.7. The summed E-state index contributed by atoms with van der Waals surface area (Å²) in [6, 6.07) is 0. The third-order valence-corrected chi connectivity index (χ3v) is 4.30. The van der Waals surface area contributed by atoms with Gasteiger partial charge in [-0.25, -0.2) is 0 Å². The van der Waals surface area contributed by atoms with E-state index in [1.807, 2.05) is 0 Å². The van der Waals surface area contributed by atoms with Crippen LogP contribution in [0, 0.1) is 5.92 Å². The van der Waals surface area contributed by atoms with Crippen LogP contribution in [0.1, 0.15) is 38.5 Å². The fourth-order valence-electron chi connectivity index (χ4n) is 3.15. The van der Waals surface area contributed by atoms with Crippen molar-refractivity contribution in [2.24, 2.45) is 5.92 Å². The Morgan fingerprint density at radius 1 is 1.37 bits per heavy atom. The summed E-state index contributed by atoms with van der Waals surface area (Å²) < 4.78 is 0. The maximum atomic E-state index is 6.04. The lowest BCUT2D eigenvalue weighted by molar-refractivity contribution is 0.398. The van der Waals surface area contributed by atoms with Crippen LogP contribution in [0.4, 0.5) is 0 Å². The van der Waals surface area contributed by atoms with Crippen molar-refractivity contribution in [2.45, 2.75) is 44.3 Å². The maximum Gasteiger partial charge on any atom is 0.0699 e. The number of hydrogen-bond donors (Lipinski definition) is 1. The molecule has 3 heteroatoms. The predicted octanol–water partition coefficient (Wildman–Crippen LogP) is 2.89. The standard InChI is InChI=1S/C16H27BN2/c1-19(2)11-9-16(14-4-3-10-18-12-14)13-5-7-15(17)8-6-13/h9,12-13,15,18H,3-8,10-11H2,1-2H3/b16-9+. The molecule has 1 heterocycles. The average Bonchev–Trinajstić information content (AvgIpc) is 2.42. The molecular weight excluding hydrogens is 231 g/mol. The SMILES string of the molecule is [B]C1CCC(/C(=C\CN(C)C)C2=CNCCC2)CC1. The van der Waals surface area contributed by atoms with E-state index in [1.165, 1.54) is 44.1 Å². The van der Waals surface area contributed by atoms with Crippen LogP contribution in [0.25, 0.3) is 0 Å². The first-order valence-electron chi connectivity index (χ1n) is 7.70. The van der Waals surface area contributed by atoms with Crippen LogP contribution < -0.4 is 5.32 Å². The third kappa shape index (κ3) is 4.41. The van der Waals surface area contributed by atoms with E-state index < -0.39 is 0 Å². The molecule has 0 spiro atoms. The summed E-state index contributed by atoms with van der Waals surface area (Å²) in [7, 11) is 10.3. The van der Waals surface area contributed by atoms with Crippen molar-refractivity contribution in [3.8, 4) is 0 Å². The van der Waals surface area contributed by atoms with E-state index in [1.54, 1.807) is 5.57 Å². The van der Waals surface area contributed by atoms with E-state index in [4.69, 9.17) is 7.85 Å². The Hall–Kier alpha value is -0.695. The Kier molecular flexibility index (Phi) is 5.56. The maximum absolute atomic E-state index is 6.04. The smallest absolute Gasteiger partial charge is 0.0699 e. The summed E-state index contributed by atoms with van der Waals surface area (Å²) in [5, 5.41) is 3.41. The van der Waals surface area contributed by atoms with Crippen LogP contribution in [0.15, 0.2) is 23.4 Å². The van der Waals surface area contributed by atoms with E-state index in [-0.39, 0.29) is 0 Å². The van der Waals surface area contributed by atoms with Crippen LogP contribution in [-0.2, 0) is 0 Å². The molecule has 0 aromatic heterocycles. The third-order valence-electron chi connectivity index (χ3n) is 4.30. The summed E-state index contributed by atoms with van der Waals surface area (Å²) in [6.45, 7) is 2.16. The minimum absolute atomic E-state index is 0.435. The average molecular weight is 258 g/mol. The van der Waals surface area contributed by atoms with E-state index in [0.717, 1.165) is 19.0 Å². The van der Waals surface area contributed by atoms with E-state index in [0.29, 0.717) is 5.82 Å². The predicted molar refractivity (Wildman–Crippen MR) is 83.4 cm³/mol. The van der Waals surface area contributed by atoms with Crippen molar-refractivity contribution in [3.05, 3.63) is 23.4 Å². The number of likely N-dealkylation sites (N-methyl/N-ethyl adjacent to an activating group) is 1. The molecule has 2 nitrogen and oxygen atoms in total. The highest BCUT2D eigenvalue weighted by molar-refractivity contribution is 6.11. The Morgan fingerprint density at radius 2 is 2.11 bits per heavy atom. The van der Waals surface area contributed by atoms with Gasteiger partial charge in [0.2, 0.25) is 0 Å². The minimum Gasteiger partial charge on any atom is -0.391 e. The number of nitrogens with one attached hydrogen (secondary N) is 1. The fraction of sp³-hybridized carbons (Fsp3) is 0.750. The highest BCUT2D eigenvalue weighted by Gasteiger charge is 2.23. The van der Waals surface area contributed by atoms with Crippen molar-refractivity contribution in [1.29, 1.82) is 0 Å². The van der Waals surface area contributed by atoms with Gasteiger partial charge < -0.3 is 10.2 Å². The first-order chi connectivity index (χ1) is 9.16. The summed E-state index contributed by atoms with van der Waals surface area (Å²) in [6.07, 6.45) is 12.1. The summed E-state index contributed by atoms with van der Waals surface area (Å²) >= 11 is 0. The monoisotopic (exact) mass is 258 g/mol. The number of hydrogen-bond acceptors (Lipinski definition) is 2. The second kappa shape index (κ2) is 7.18. The topological polar surface area (TPSA) is 15.3 Å². The van der Waals surface area contributed by atoms with Gasteiger partial charge in [0.25, 0.3) is 0 Å². The van der Waals surface area contributed by atoms with Crippen molar-refractivity contribution in [3.63, 3.8) is 0 Å². The summed E-state index contributed by atoms with van der Waals surface area (Å²) in [5.74, 6) is 1.16. The zero-order valence-electron chi connectivity index (χ0n) is 12.5. The lowest BCUT2D eigenvalue weighted by atomic mass is 9.69. The summed E-state index contributed by atoms with van der Waals surface area (Å²) in [5.41, 5.74) is 3.13. The molecule has 1 aliphatic carbocycles. The molecule has 2 rings (SSSR count). The summed E-state index contributed by atoms with van der Waals surface area (Å²) in [4.78, 5) is 2.24. The Labute approximate surface area is 119 Å². The molecule has 0 bridgehead atoms. The van der Waals surface area contributed by atoms with Gasteiger partial charge in [-0.2, -0.15) is 0 Å². The van der Waals surface area contributed by atoms with Crippen molar-refractivity contribution in [1.82, 2.24) is 10.2 Å². The second-order valence-electron chi connectivity index (χ2n) is 6.26. The Morgan fingerprint density at radius 3 is 2.68 bits per heavy atom. The molecule has 1 N–H and O–H groups in total. The Bertz CT molecular complexity index is 339. The molecule has 0 aromatic rings. The van der Waals surface area contributed by atoms with Gasteiger partial charge in [-0.1, -0.05) is 24.7 Å². The van der Waals surface area contributed by atoms with Gasteiger partial charge in [0.15, 0.2) is 0 Å². The molecule has 0 saturated heterocycles. The molecule has 0 amide bonds. The molecule has 0 atom stereocenters. The molecular formula is C16H27BN2. The highest BCUT2D eigenvalue weighted by Crippen LogP contribution is 2.38. The molecule has 1 aliphatic heterocycles. The first kappa shape index (κ1) is 14.7. The van der Waals surface area contributed by atoms with Crippen LogP contribution in [0.3, 0.4) is 0 Å². The van der Waals surface area contributed by atoms with E-state index in [2.05, 4.69) is 36.6 Å². The van der Waals surface area contributed by atoms with Gasteiger partial charge in [-0.15, -0.1) is 0 Å². The second-order valence-corrected chi connectivity index (χ2v) is 6.26. The molecule has 19 heavy (non-hydrogen) atoms. The number of rotatable bonds is 4. The number of nitrogens with zero attached hydrogens (tertiary/aromatic N) is 1. The van der Waals surface area contributed by atoms with Gasteiger partial charge in [0, 0.05) is 13.1 Å². The van der Waals surface area contributed by atoms with Gasteiger partial charge in [0.05, 0.1) is 7.85 Å². The van der Waals surface area contributed by atoms with Crippen LogP contribution in [0.5, 0.6) is 0 Å². The minimum atomic E-state index is 0.435.